The van der Waals surface area contributed by atoms with Gasteiger partial charge in [-0.15, -0.1) is 0 Å². The molecule has 0 atom stereocenters. The number of carbonyl (C=O) groups is 1. The number of benzene rings is 1. The molecule has 0 radical (unpaired) electrons. The van der Waals surface area contributed by atoms with Crippen LogP contribution in [0.3, 0.4) is 0 Å². The number of hydrogen-bond donors (Lipinski definition) is 1. The second-order valence-corrected chi connectivity index (χ2v) is 5.06. The van der Waals surface area contributed by atoms with E-state index >= 15 is 0 Å². The van der Waals surface area contributed by atoms with Crippen LogP contribution in [-0.4, -0.2) is 17.7 Å². The Morgan fingerprint density at radius 2 is 2.06 bits per heavy atom. The van der Waals surface area contributed by atoms with Crippen LogP contribution >= 0.6 is 0 Å². The zero-order valence-electron chi connectivity index (χ0n) is 10.2. The van der Waals surface area contributed by atoms with Crippen molar-refractivity contribution in [3.63, 3.8) is 0 Å². The molecule has 1 fully saturated rings. The quantitative estimate of drug-likeness (QED) is 0.870. The van der Waals surface area contributed by atoms with Gasteiger partial charge in [0.1, 0.15) is 12.4 Å². The summed E-state index contributed by atoms with van der Waals surface area (Å²) in [7, 11) is 0. The maximum Gasteiger partial charge on any atom is 0.314 e. The van der Waals surface area contributed by atoms with Gasteiger partial charge >= 0.3 is 5.97 Å². The fraction of sp³-hybridized carbons (Fsp3) is 0.400. The Morgan fingerprint density at radius 3 is 2.78 bits per heavy atom. The Labute approximate surface area is 106 Å². The zero-order valence-corrected chi connectivity index (χ0v) is 10.2. The average Bonchev–Trinajstić information content (AvgIpc) is 2.89. The maximum absolute atomic E-state index is 11.6. The summed E-state index contributed by atoms with van der Waals surface area (Å²) < 4.78 is 5.57. The highest BCUT2D eigenvalue weighted by Crippen LogP contribution is 2.43. The standard InChI is InChI=1S/C15H16O3/c16-14(17)15(7-1-2-8-15)12-6-5-11-4-3-9-18-13(11)10-12/h3-6,10H,1-2,7-9H2,(H,16,17). The Hall–Kier alpha value is -1.77. The molecule has 3 rings (SSSR count). The van der Waals surface area contributed by atoms with Crippen molar-refractivity contribution in [3.05, 3.63) is 35.4 Å². The van der Waals surface area contributed by atoms with Gasteiger partial charge in [-0.25, -0.2) is 0 Å². The zero-order chi connectivity index (χ0) is 12.6. The Morgan fingerprint density at radius 1 is 1.28 bits per heavy atom. The normalized spacial score (nSPS) is 20.2. The molecule has 0 amide bonds. The number of hydrogen-bond acceptors (Lipinski definition) is 2. The lowest BCUT2D eigenvalue weighted by molar-refractivity contribution is -0.143. The van der Waals surface area contributed by atoms with E-state index in [4.69, 9.17) is 4.74 Å². The second kappa shape index (κ2) is 4.16. The number of fused-ring (bicyclic) bond motifs is 1. The topological polar surface area (TPSA) is 46.5 Å². The minimum Gasteiger partial charge on any atom is -0.489 e. The van der Waals surface area contributed by atoms with Crippen molar-refractivity contribution in [2.75, 3.05) is 6.61 Å². The molecule has 0 bridgehead atoms. The van der Waals surface area contributed by atoms with Gasteiger partial charge in [0.15, 0.2) is 0 Å². The average molecular weight is 244 g/mol. The fourth-order valence-electron chi connectivity index (χ4n) is 3.01. The highest BCUT2D eigenvalue weighted by Gasteiger charge is 2.43. The molecule has 3 heteroatoms. The third-order valence-electron chi connectivity index (χ3n) is 4.07. The van der Waals surface area contributed by atoms with Crippen molar-refractivity contribution >= 4 is 12.0 Å². The molecule has 2 aliphatic rings. The van der Waals surface area contributed by atoms with Crippen LogP contribution in [0.4, 0.5) is 0 Å². The van der Waals surface area contributed by atoms with E-state index in [1.807, 2.05) is 30.4 Å². The van der Waals surface area contributed by atoms with Gasteiger partial charge in [-0.2, -0.15) is 0 Å². The molecule has 0 unspecified atom stereocenters. The molecule has 1 saturated carbocycles. The molecule has 1 aliphatic carbocycles. The van der Waals surface area contributed by atoms with Crippen molar-refractivity contribution in [1.82, 2.24) is 0 Å². The number of aliphatic carboxylic acids is 1. The van der Waals surface area contributed by atoms with Gasteiger partial charge in [0.2, 0.25) is 0 Å². The Bertz CT molecular complexity index is 510. The molecule has 1 N–H and O–H groups in total. The highest BCUT2D eigenvalue weighted by atomic mass is 16.5. The molecule has 1 heterocycles. The Kier molecular flexibility index (Phi) is 2.62. The summed E-state index contributed by atoms with van der Waals surface area (Å²) in [6.07, 6.45) is 7.43. The van der Waals surface area contributed by atoms with Crippen LogP contribution in [0, 0.1) is 0 Å². The smallest absolute Gasteiger partial charge is 0.314 e. The first-order valence-corrected chi connectivity index (χ1v) is 6.40. The largest absolute Gasteiger partial charge is 0.489 e. The summed E-state index contributed by atoms with van der Waals surface area (Å²) in [6, 6.07) is 5.82. The first-order valence-electron chi connectivity index (χ1n) is 6.40. The number of rotatable bonds is 2. The lowest BCUT2D eigenvalue weighted by Crippen LogP contribution is -2.32. The SMILES string of the molecule is O=C(O)C1(c2ccc3c(c2)OCC=C3)CCCC1. The monoisotopic (exact) mass is 244 g/mol. The minimum absolute atomic E-state index is 0.566. The lowest BCUT2D eigenvalue weighted by Gasteiger charge is -2.25. The van der Waals surface area contributed by atoms with Gasteiger partial charge in [-0.1, -0.05) is 31.1 Å². The predicted molar refractivity (Wildman–Crippen MR) is 68.8 cm³/mol. The molecule has 18 heavy (non-hydrogen) atoms. The highest BCUT2D eigenvalue weighted by molar-refractivity contribution is 5.82. The van der Waals surface area contributed by atoms with Crippen molar-refractivity contribution in [2.24, 2.45) is 0 Å². The Balaban J connectivity index is 2.06. The van der Waals surface area contributed by atoms with Crippen LogP contribution in [0.1, 0.15) is 36.8 Å². The van der Waals surface area contributed by atoms with E-state index in [-0.39, 0.29) is 0 Å². The van der Waals surface area contributed by atoms with Crippen molar-refractivity contribution < 1.29 is 14.6 Å². The summed E-state index contributed by atoms with van der Waals surface area (Å²) >= 11 is 0. The van der Waals surface area contributed by atoms with Crippen molar-refractivity contribution in [2.45, 2.75) is 31.1 Å². The molecular weight excluding hydrogens is 228 g/mol. The molecule has 1 aromatic carbocycles. The molecule has 0 spiro atoms. The summed E-state index contributed by atoms with van der Waals surface area (Å²) in [5.41, 5.74) is 1.23. The van der Waals surface area contributed by atoms with Gasteiger partial charge in [0, 0.05) is 5.56 Å². The van der Waals surface area contributed by atoms with Crippen LogP contribution in [0.25, 0.3) is 6.08 Å². The molecule has 1 aliphatic heterocycles. The van der Waals surface area contributed by atoms with E-state index in [0.717, 1.165) is 42.6 Å². The van der Waals surface area contributed by atoms with Crippen LogP contribution in [0.2, 0.25) is 0 Å². The number of carboxylic acids is 1. The van der Waals surface area contributed by atoms with E-state index in [2.05, 4.69) is 0 Å². The summed E-state index contributed by atoms with van der Waals surface area (Å²) in [4.78, 5) is 11.6. The molecule has 0 aromatic heterocycles. The summed E-state index contributed by atoms with van der Waals surface area (Å²) in [6.45, 7) is 0.566. The summed E-state index contributed by atoms with van der Waals surface area (Å²) in [5, 5.41) is 9.57. The fourth-order valence-corrected chi connectivity index (χ4v) is 3.01. The van der Waals surface area contributed by atoms with Crippen LogP contribution in [0.5, 0.6) is 5.75 Å². The van der Waals surface area contributed by atoms with Crippen LogP contribution in [0.15, 0.2) is 24.3 Å². The molecule has 1 aromatic rings. The van der Waals surface area contributed by atoms with Crippen molar-refractivity contribution in [3.8, 4) is 5.75 Å². The van der Waals surface area contributed by atoms with Crippen LogP contribution in [-0.2, 0) is 10.2 Å². The number of carboxylic acid groups (broad SMARTS) is 1. The van der Waals surface area contributed by atoms with Crippen molar-refractivity contribution in [1.29, 1.82) is 0 Å². The molecule has 3 nitrogen and oxygen atoms in total. The van der Waals surface area contributed by atoms with Gasteiger partial charge in [0.05, 0.1) is 5.41 Å². The van der Waals surface area contributed by atoms with E-state index in [1.54, 1.807) is 0 Å². The van der Waals surface area contributed by atoms with Gasteiger partial charge < -0.3 is 9.84 Å². The van der Waals surface area contributed by atoms with Crippen LogP contribution < -0.4 is 4.74 Å². The first-order chi connectivity index (χ1) is 8.72. The minimum atomic E-state index is -0.702. The van der Waals surface area contributed by atoms with E-state index in [1.165, 1.54) is 0 Å². The lowest BCUT2D eigenvalue weighted by atomic mass is 9.78. The third-order valence-corrected chi connectivity index (χ3v) is 4.07. The van der Waals surface area contributed by atoms with Gasteiger partial charge in [0.25, 0.3) is 0 Å². The molecular formula is C15H16O3. The molecule has 94 valence electrons. The third kappa shape index (κ3) is 1.62. The van der Waals surface area contributed by atoms with E-state index in [9.17, 15) is 9.90 Å². The number of ether oxygens (including phenoxy) is 1. The van der Waals surface area contributed by atoms with E-state index < -0.39 is 11.4 Å². The second-order valence-electron chi connectivity index (χ2n) is 5.06. The predicted octanol–water partition coefficient (Wildman–Crippen LogP) is 2.99. The first kappa shape index (κ1) is 11.3. The van der Waals surface area contributed by atoms with Gasteiger partial charge in [-0.3, -0.25) is 4.79 Å². The molecule has 0 saturated heterocycles. The maximum atomic E-state index is 11.6. The van der Waals surface area contributed by atoms with E-state index in [0.29, 0.717) is 6.61 Å². The van der Waals surface area contributed by atoms with Gasteiger partial charge in [-0.05, 0) is 30.5 Å². The summed E-state index contributed by atoms with van der Waals surface area (Å²) in [5.74, 6) is 0.105.